The summed E-state index contributed by atoms with van der Waals surface area (Å²) in [6.07, 6.45) is 4.86. The van der Waals surface area contributed by atoms with Gasteiger partial charge >= 0.3 is 0 Å². The van der Waals surface area contributed by atoms with E-state index in [1.165, 1.54) is 12.1 Å². The first-order chi connectivity index (χ1) is 10.1. The predicted molar refractivity (Wildman–Crippen MR) is 74.3 cm³/mol. The molecule has 1 aromatic rings. The summed E-state index contributed by atoms with van der Waals surface area (Å²) in [5.41, 5.74) is -0.855. The van der Waals surface area contributed by atoms with E-state index in [1.54, 1.807) is 0 Å². The number of benzene rings is 1. The Bertz CT molecular complexity index is 558. The zero-order chi connectivity index (χ0) is 15.3. The Morgan fingerprint density at radius 2 is 1.90 bits per heavy atom. The third kappa shape index (κ3) is 3.78. The molecule has 1 aliphatic rings. The molecule has 0 aromatic heterocycles. The van der Waals surface area contributed by atoms with Crippen LogP contribution in [0.3, 0.4) is 0 Å². The molecule has 0 radical (unpaired) electrons. The van der Waals surface area contributed by atoms with Crippen molar-refractivity contribution in [1.29, 1.82) is 5.26 Å². The number of carbonyl (C=O) groups is 1. The minimum absolute atomic E-state index is 0.00853. The fourth-order valence-electron chi connectivity index (χ4n) is 2.77. The molecule has 0 unspecified atom stereocenters. The first kappa shape index (κ1) is 15.4. The smallest absolute Gasteiger partial charge is 0.225 e. The number of nitrogens with zero attached hydrogens (tertiary/aromatic N) is 1. The van der Waals surface area contributed by atoms with Crippen molar-refractivity contribution in [1.82, 2.24) is 5.32 Å². The fourth-order valence-corrected chi connectivity index (χ4v) is 2.77. The summed E-state index contributed by atoms with van der Waals surface area (Å²) < 4.78 is 26.7. The molecule has 1 aliphatic carbocycles. The SMILES string of the molecule is N#CC1(NC(=O)Cc2cccc(F)c2F)CCCCCC1. The number of amides is 1. The van der Waals surface area contributed by atoms with E-state index in [0.29, 0.717) is 12.8 Å². The molecule has 0 aliphatic heterocycles. The highest BCUT2D eigenvalue weighted by atomic mass is 19.2. The average molecular weight is 292 g/mol. The van der Waals surface area contributed by atoms with Gasteiger partial charge in [0.2, 0.25) is 5.91 Å². The molecule has 1 N–H and O–H groups in total. The predicted octanol–water partition coefficient (Wildman–Crippen LogP) is 3.24. The standard InChI is InChI=1S/C16H18F2N2O/c17-13-7-5-6-12(15(13)18)10-14(21)20-16(11-19)8-3-1-2-4-9-16/h5-7H,1-4,8-10H2,(H,20,21). The van der Waals surface area contributed by atoms with E-state index in [9.17, 15) is 18.8 Å². The number of carbonyl (C=O) groups excluding carboxylic acids is 1. The lowest BCUT2D eigenvalue weighted by Gasteiger charge is -2.26. The number of rotatable bonds is 3. The number of nitrogens with one attached hydrogen (secondary N) is 1. The maximum Gasteiger partial charge on any atom is 0.225 e. The van der Waals surface area contributed by atoms with Crippen LogP contribution in [0.15, 0.2) is 18.2 Å². The second-order valence-corrected chi connectivity index (χ2v) is 5.55. The third-order valence-corrected chi connectivity index (χ3v) is 3.93. The Hall–Kier alpha value is -1.96. The summed E-state index contributed by atoms with van der Waals surface area (Å²) in [6, 6.07) is 5.96. The Morgan fingerprint density at radius 1 is 1.24 bits per heavy atom. The molecule has 2 rings (SSSR count). The highest BCUT2D eigenvalue weighted by molar-refractivity contribution is 5.79. The van der Waals surface area contributed by atoms with E-state index in [2.05, 4.69) is 11.4 Å². The first-order valence-electron chi connectivity index (χ1n) is 7.21. The highest BCUT2D eigenvalue weighted by Gasteiger charge is 2.32. The van der Waals surface area contributed by atoms with Crippen LogP contribution in [0.1, 0.15) is 44.1 Å². The maximum atomic E-state index is 13.6. The normalized spacial score (nSPS) is 17.6. The summed E-state index contributed by atoms with van der Waals surface area (Å²) in [4.78, 5) is 12.1. The molecule has 112 valence electrons. The van der Waals surface area contributed by atoms with Crippen molar-refractivity contribution in [3.8, 4) is 6.07 Å². The molecular formula is C16H18F2N2O. The summed E-state index contributed by atoms with van der Waals surface area (Å²) >= 11 is 0. The van der Waals surface area contributed by atoms with Gasteiger partial charge in [-0.2, -0.15) is 5.26 Å². The molecule has 0 heterocycles. The van der Waals surface area contributed by atoms with E-state index in [-0.39, 0.29) is 12.0 Å². The van der Waals surface area contributed by atoms with Crippen LogP contribution in [-0.4, -0.2) is 11.4 Å². The quantitative estimate of drug-likeness (QED) is 0.869. The Morgan fingerprint density at radius 3 is 2.52 bits per heavy atom. The van der Waals surface area contributed by atoms with E-state index in [0.717, 1.165) is 31.7 Å². The van der Waals surface area contributed by atoms with Crippen LogP contribution in [0.4, 0.5) is 8.78 Å². The highest BCUT2D eigenvalue weighted by Crippen LogP contribution is 2.26. The molecule has 1 amide bonds. The monoisotopic (exact) mass is 292 g/mol. The third-order valence-electron chi connectivity index (χ3n) is 3.93. The van der Waals surface area contributed by atoms with E-state index < -0.39 is 23.1 Å². The fraction of sp³-hybridized carbons (Fsp3) is 0.500. The molecule has 0 atom stereocenters. The first-order valence-corrected chi connectivity index (χ1v) is 7.21. The van der Waals surface area contributed by atoms with Gasteiger partial charge in [-0.05, 0) is 18.9 Å². The largest absolute Gasteiger partial charge is 0.338 e. The molecule has 3 nitrogen and oxygen atoms in total. The Labute approximate surface area is 123 Å². The second-order valence-electron chi connectivity index (χ2n) is 5.55. The lowest BCUT2D eigenvalue weighted by Crippen LogP contribution is -2.47. The summed E-state index contributed by atoms with van der Waals surface area (Å²) in [7, 11) is 0. The number of hydrogen-bond donors (Lipinski definition) is 1. The van der Waals surface area contributed by atoms with Gasteiger partial charge in [-0.1, -0.05) is 37.8 Å². The van der Waals surface area contributed by atoms with Gasteiger partial charge in [-0.15, -0.1) is 0 Å². The van der Waals surface area contributed by atoms with Gasteiger partial charge in [0, 0.05) is 5.56 Å². The Balaban J connectivity index is 2.06. The van der Waals surface area contributed by atoms with Gasteiger partial charge in [0.05, 0.1) is 12.5 Å². The van der Waals surface area contributed by atoms with Crippen molar-refractivity contribution in [3.63, 3.8) is 0 Å². The van der Waals surface area contributed by atoms with Crippen LogP contribution < -0.4 is 5.32 Å². The lowest BCUT2D eigenvalue weighted by atomic mass is 9.91. The summed E-state index contributed by atoms with van der Waals surface area (Å²) in [5, 5.41) is 12.1. The van der Waals surface area contributed by atoms with Gasteiger partial charge < -0.3 is 5.32 Å². The zero-order valence-electron chi connectivity index (χ0n) is 11.8. The van der Waals surface area contributed by atoms with Crippen LogP contribution in [0.2, 0.25) is 0 Å². The van der Waals surface area contributed by atoms with Crippen molar-refractivity contribution in [2.24, 2.45) is 0 Å². The van der Waals surface area contributed by atoms with E-state index in [4.69, 9.17) is 0 Å². The summed E-state index contributed by atoms with van der Waals surface area (Å²) in [5.74, 6) is -2.41. The van der Waals surface area contributed by atoms with Crippen molar-refractivity contribution >= 4 is 5.91 Å². The van der Waals surface area contributed by atoms with E-state index >= 15 is 0 Å². The van der Waals surface area contributed by atoms with Crippen molar-refractivity contribution in [3.05, 3.63) is 35.4 Å². The number of hydrogen-bond acceptors (Lipinski definition) is 2. The zero-order valence-corrected chi connectivity index (χ0v) is 11.8. The van der Waals surface area contributed by atoms with Crippen LogP contribution in [-0.2, 0) is 11.2 Å². The van der Waals surface area contributed by atoms with Crippen LogP contribution in [0.5, 0.6) is 0 Å². The lowest BCUT2D eigenvalue weighted by molar-refractivity contribution is -0.122. The van der Waals surface area contributed by atoms with E-state index in [1.807, 2.05) is 0 Å². The van der Waals surface area contributed by atoms with Crippen LogP contribution in [0.25, 0.3) is 0 Å². The van der Waals surface area contributed by atoms with Crippen molar-refractivity contribution in [2.45, 2.75) is 50.5 Å². The molecule has 0 saturated heterocycles. The maximum absolute atomic E-state index is 13.6. The molecule has 5 heteroatoms. The van der Waals surface area contributed by atoms with Gasteiger partial charge in [0.1, 0.15) is 5.54 Å². The molecule has 0 spiro atoms. The van der Waals surface area contributed by atoms with Crippen LogP contribution >= 0.6 is 0 Å². The summed E-state index contributed by atoms with van der Waals surface area (Å²) in [6.45, 7) is 0. The molecule has 1 saturated carbocycles. The van der Waals surface area contributed by atoms with Gasteiger partial charge in [-0.3, -0.25) is 4.79 Å². The molecule has 0 bridgehead atoms. The van der Waals surface area contributed by atoms with Crippen molar-refractivity contribution in [2.75, 3.05) is 0 Å². The number of nitriles is 1. The minimum atomic E-state index is -1.00. The molecular weight excluding hydrogens is 274 g/mol. The number of halogens is 2. The molecule has 1 aromatic carbocycles. The minimum Gasteiger partial charge on any atom is -0.338 e. The van der Waals surface area contributed by atoms with Crippen molar-refractivity contribution < 1.29 is 13.6 Å². The van der Waals surface area contributed by atoms with Crippen LogP contribution in [0, 0.1) is 23.0 Å². The topological polar surface area (TPSA) is 52.9 Å². The average Bonchev–Trinajstić information content (AvgIpc) is 2.70. The van der Waals surface area contributed by atoms with Gasteiger partial charge in [-0.25, -0.2) is 8.78 Å². The molecule has 21 heavy (non-hydrogen) atoms. The molecule has 1 fully saturated rings. The Kier molecular flexibility index (Phi) is 4.89. The second kappa shape index (κ2) is 6.66. The van der Waals surface area contributed by atoms with Gasteiger partial charge in [0.25, 0.3) is 0 Å². The van der Waals surface area contributed by atoms with Gasteiger partial charge in [0.15, 0.2) is 11.6 Å².